The molecule has 0 heterocycles. The molecule has 8 heteroatoms. The highest BCUT2D eigenvalue weighted by atomic mass is 16.6. The van der Waals surface area contributed by atoms with Crippen LogP contribution in [-0.4, -0.2) is 62.6 Å². The first-order valence-corrected chi connectivity index (χ1v) is 11.5. The van der Waals surface area contributed by atoms with Crippen molar-refractivity contribution in [2.24, 2.45) is 29.1 Å². The molecular weight excluding hydrogens is 464 g/mol. The number of esters is 2. The number of ether oxygens (including phenoxy) is 2. The number of aliphatic hydroxyl groups is 3. The predicted octanol–water partition coefficient (Wildman–Crippen LogP) is 2.63. The normalized spacial score (nSPS) is 50.3. The van der Waals surface area contributed by atoms with Crippen LogP contribution in [0.2, 0.25) is 0 Å². The number of fused-ring (bicyclic) bond motifs is 5. The van der Waals surface area contributed by atoms with Crippen LogP contribution < -0.4 is 0 Å². The van der Waals surface area contributed by atoms with Crippen molar-refractivity contribution < 1.29 is 58.4 Å². The van der Waals surface area contributed by atoms with Crippen molar-refractivity contribution in [3.8, 4) is 0 Å². The van der Waals surface area contributed by atoms with Crippen LogP contribution in [0.5, 0.6) is 0 Å². The Hall–Kier alpha value is -2.03. The molecule has 1 unspecified atom stereocenters. The van der Waals surface area contributed by atoms with Crippen LogP contribution in [0, 0.1) is 29.1 Å². The molecule has 0 aromatic rings. The zero-order chi connectivity index (χ0) is 39.0. The molecule has 0 saturated heterocycles. The number of carbonyl (C=O) groups excluding carboxylic acids is 3. The highest BCUT2D eigenvalue weighted by Crippen LogP contribution is 2.77. The SMILES string of the molecule is [2H]C([2H])([2H])C([2H])([2H])C([2H])([2H])C(=O)O[C@@H]1[C@@H](C)[C@@]2(O)[C@@H](C=C(CO)C[C@]3(O)C(=O)C(C)=C[C@@H]23)C2C(C)(C)[C@@]21OC(=O)C([2H])([2H])C([2H])([2H])C([2H])([2H])[2H]. The fraction of sp³-hybridized carbons (Fsp3) is 0.750. The topological polar surface area (TPSA) is 130 Å². The minimum Gasteiger partial charge on any atom is -0.458 e. The largest absolute Gasteiger partial charge is 0.458 e. The molecule has 8 nitrogen and oxygen atoms in total. The van der Waals surface area contributed by atoms with E-state index < -0.39 is 122 Å². The summed E-state index contributed by atoms with van der Waals surface area (Å²) in [6.45, 7) is -2.84. The zero-order valence-corrected chi connectivity index (χ0v) is 20.3. The summed E-state index contributed by atoms with van der Waals surface area (Å²) < 4.78 is 121. The average Bonchev–Trinajstić information content (AvgIpc) is 3.39. The molecule has 0 bridgehead atoms. The maximum absolute atomic E-state index is 13.7. The van der Waals surface area contributed by atoms with Gasteiger partial charge in [0.05, 0.1) is 12.2 Å². The van der Waals surface area contributed by atoms with Crippen LogP contribution in [0.4, 0.5) is 0 Å². The molecule has 200 valence electrons. The maximum Gasteiger partial charge on any atom is 0.306 e. The van der Waals surface area contributed by atoms with Gasteiger partial charge in [-0.1, -0.05) is 46.6 Å². The lowest BCUT2D eigenvalue weighted by molar-refractivity contribution is -0.229. The molecule has 0 amide bonds. The fourth-order valence-electron chi connectivity index (χ4n) is 7.25. The van der Waals surface area contributed by atoms with Gasteiger partial charge in [0.1, 0.15) is 11.7 Å². The first kappa shape index (κ1) is 14.2. The first-order chi connectivity index (χ1) is 22.1. The summed E-state index contributed by atoms with van der Waals surface area (Å²) in [6, 6.07) is 0. The van der Waals surface area contributed by atoms with Gasteiger partial charge < -0.3 is 24.8 Å². The number of Topliss-reactive ketones (excluding diaryl/α,β-unsaturated/α-hetero) is 1. The van der Waals surface area contributed by atoms with E-state index >= 15 is 0 Å². The molecule has 3 N–H and O–H groups in total. The van der Waals surface area contributed by atoms with Crippen molar-refractivity contribution in [3.63, 3.8) is 0 Å². The number of aliphatic hydroxyl groups excluding tert-OH is 1. The van der Waals surface area contributed by atoms with E-state index in [0.29, 0.717) is 0 Å². The molecule has 4 aliphatic carbocycles. The van der Waals surface area contributed by atoms with Gasteiger partial charge in [-0.3, -0.25) is 14.4 Å². The Morgan fingerprint density at radius 1 is 1.17 bits per heavy atom. The lowest BCUT2D eigenvalue weighted by atomic mass is 9.59. The number of carbonyl (C=O) groups is 3. The molecule has 36 heavy (non-hydrogen) atoms. The van der Waals surface area contributed by atoms with Gasteiger partial charge in [-0.15, -0.1) is 0 Å². The summed E-state index contributed by atoms with van der Waals surface area (Å²) in [5.41, 5.74) is -8.64. The fourth-order valence-corrected chi connectivity index (χ4v) is 7.25. The Bertz CT molecular complexity index is 1550. The van der Waals surface area contributed by atoms with E-state index in [1.807, 2.05) is 0 Å². The third-order valence-corrected chi connectivity index (χ3v) is 8.78. The van der Waals surface area contributed by atoms with Crippen LogP contribution in [-0.2, 0) is 23.9 Å². The van der Waals surface area contributed by atoms with E-state index in [1.165, 1.54) is 39.8 Å². The predicted molar refractivity (Wildman–Crippen MR) is 130 cm³/mol. The lowest BCUT2D eigenvalue weighted by Gasteiger charge is -2.53. The molecular formula is C28H40O8. The molecule has 0 radical (unpaired) electrons. The molecule has 0 aromatic carbocycles. The van der Waals surface area contributed by atoms with E-state index in [2.05, 4.69) is 0 Å². The van der Waals surface area contributed by atoms with Gasteiger partial charge in [0, 0.05) is 67.4 Å². The number of rotatable bonds is 7. The van der Waals surface area contributed by atoms with Gasteiger partial charge >= 0.3 is 11.9 Å². The smallest absolute Gasteiger partial charge is 0.306 e. The summed E-state index contributed by atoms with van der Waals surface area (Å²) in [5, 5.41) is 34.9. The Kier molecular flexibility index (Phi) is 3.46. The van der Waals surface area contributed by atoms with E-state index in [0.717, 1.165) is 0 Å². The minimum absolute atomic E-state index is 0.0187. The van der Waals surface area contributed by atoms with Crippen LogP contribution in [0.1, 0.15) is 92.5 Å². The number of hydrogen-bond donors (Lipinski definition) is 3. The van der Waals surface area contributed by atoms with Crippen LogP contribution in [0.3, 0.4) is 0 Å². The second-order valence-corrected chi connectivity index (χ2v) is 10.7. The van der Waals surface area contributed by atoms with E-state index in [4.69, 9.17) is 28.7 Å². The summed E-state index contributed by atoms with van der Waals surface area (Å²) in [4.78, 5) is 40.6. The third-order valence-electron chi connectivity index (χ3n) is 8.78. The standard InChI is InChI=1S/C28H40O8/c1-7-9-20(30)35-24-16(4)27(34)18(22-25(5,6)28(22,24)36-21(31)10-8-2)12-17(14-29)13-26(33)19(27)11-15(3)23(26)32/h11-12,16,18-19,22,24,29,33-34H,7-10,13-14H2,1-6H3/t16-,18+,19-,22?,24-,26-,27-,28-/m1/s1/i1D3,2D3,7D2,8D2,9D2,10D2. The zero-order valence-electron chi connectivity index (χ0n) is 34.3. The van der Waals surface area contributed by atoms with E-state index in [-0.39, 0.29) is 11.1 Å². The number of ketones is 1. The van der Waals surface area contributed by atoms with E-state index in [1.54, 1.807) is 0 Å². The van der Waals surface area contributed by atoms with Crippen molar-refractivity contribution in [3.05, 3.63) is 23.3 Å². The average molecular weight is 519 g/mol. The van der Waals surface area contributed by atoms with E-state index in [9.17, 15) is 29.7 Å². The molecule has 0 aromatic heterocycles. The highest BCUT2D eigenvalue weighted by Gasteiger charge is 2.87. The monoisotopic (exact) mass is 518 g/mol. The Balaban J connectivity index is 1.99. The summed E-state index contributed by atoms with van der Waals surface area (Å²) in [5.74, 6) is -10.9. The molecule has 0 aliphatic heterocycles. The molecule has 4 aliphatic rings. The summed E-state index contributed by atoms with van der Waals surface area (Å²) >= 11 is 0. The van der Waals surface area contributed by atoms with Crippen molar-refractivity contribution in [1.29, 1.82) is 0 Å². The highest BCUT2D eigenvalue weighted by molar-refractivity contribution is 6.04. The molecule has 0 spiro atoms. The van der Waals surface area contributed by atoms with Crippen LogP contribution in [0.15, 0.2) is 23.3 Å². The Morgan fingerprint density at radius 3 is 2.42 bits per heavy atom. The van der Waals surface area contributed by atoms with Crippen molar-refractivity contribution in [2.45, 2.75) is 96.2 Å². The van der Waals surface area contributed by atoms with Crippen molar-refractivity contribution in [2.75, 3.05) is 6.61 Å². The van der Waals surface area contributed by atoms with Gasteiger partial charge in [0.2, 0.25) is 0 Å². The Labute approximate surface area is 232 Å². The second kappa shape index (κ2) is 8.77. The van der Waals surface area contributed by atoms with Crippen molar-refractivity contribution >= 4 is 17.7 Å². The van der Waals surface area contributed by atoms with Gasteiger partial charge in [-0.25, -0.2) is 0 Å². The minimum atomic E-state index is -3.95. The van der Waals surface area contributed by atoms with Gasteiger partial charge in [0.15, 0.2) is 11.4 Å². The molecule has 2 fully saturated rings. The molecule has 8 atom stereocenters. The van der Waals surface area contributed by atoms with Gasteiger partial charge in [-0.2, -0.15) is 0 Å². The van der Waals surface area contributed by atoms with Crippen LogP contribution in [0.25, 0.3) is 0 Å². The number of hydrogen-bond acceptors (Lipinski definition) is 8. The third kappa shape index (κ3) is 3.40. The summed E-state index contributed by atoms with van der Waals surface area (Å²) in [7, 11) is 0. The lowest BCUT2D eigenvalue weighted by Crippen LogP contribution is -2.66. The van der Waals surface area contributed by atoms with Gasteiger partial charge in [0.25, 0.3) is 0 Å². The second-order valence-electron chi connectivity index (χ2n) is 10.7. The van der Waals surface area contributed by atoms with Gasteiger partial charge in [-0.05, 0) is 30.8 Å². The molecule has 2 saturated carbocycles. The summed E-state index contributed by atoms with van der Waals surface area (Å²) in [6.07, 6.45) is -15.6. The first-order valence-electron chi connectivity index (χ1n) is 18.5. The van der Waals surface area contributed by atoms with Crippen LogP contribution >= 0.6 is 0 Å². The maximum atomic E-state index is 13.7. The molecule has 4 rings (SSSR count). The van der Waals surface area contributed by atoms with Crippen molar-refractivity contribution in [1.82, 2.24) is 0 Å². The Morgan fingerprint density at radius 2 is 1.81 bits per heavy atom. The quantitative estimate of drug-likeness (QED) is 0.346.